The van der Waals surface area contributed by atoms with Gasteiger partial charge < -0.3 is 14.6 Å². The van der Waals surface area contributed by atoms with Crippen LogP contribution in [0.2, 0.25) is 0 Å². The van der Waals surface area contributed by atoms with Crippen molar-refractivity contribution in [1.29, 1.82) is 0 Å². The van der Waals surface area contributed by atoms with Gasteiger partial charge in [0.1, 0.15) is 0 Å². The number of aliphatic hydroxyl groups is 1. The standard InChI is InChI=1S/C9H15F3O4/c1-7(2)8(13)15-5-3-14-4-6-16-9(10,11)12/h8,13H,1,3-6H2,2H3. The van der Waals surface area contributed by atoms with E-state index in [4.69, 9.17) is 14.6 Å². The Hall–Kier alpha value is -0.630. The van der Waals surface area contributed by atoms with Crippen molar-refractivity contribution in [2.45, 2.75) is 19.6 Å². The van der Waals surface area contributed by atoms with Gasteiger partial charge in [-0.2, -0.15) is 0 Å². The van der Waals surface area contributed by atoms with Gasteiger partial charge in [0.25, 0.3) is 0 Å². The lowest BCUT2D eigenvalue weighted by Crippen LogP contribution is -2.19. The van der Waals surface area contributed by atoms with Crippen LogP contribution < -0.4 is 0 Å². The van der Waals surface area contributed by atoms with Crippen LogP contribution in [-0.2, 0) is 14.2 Å². The van der Waals surface area contributed by atoms with Crippen LogP contribution in [0.3, 0.4) is 0 Å². The second kappa shape index (κ2) is 7.61. The topological polar surface area (TPSA) is 47.9 Å². The lowest BCUT2D eigenvalue weighted by molar-refractivity contribution is -0.327. The number of hydrogen-bond acceptors (Lipinski definition) is 4. The highest BCUT2D eigenvalue weighted by Gasteiger charge is 2.28. The molecule has 0 aromatic carbocycles. The molecule has 96 valence electrons. The normalized spacial score (nSPS) is 13.8. The highest BCUT2D eigenvalue weighted by Crippen LogP contribution is 2.15. The van der Waals surface area contributed by atoms with Crippen molar-refractivity contribution in [1.82, 2.24) is 0 Å². The first-order chi connectivity index (χ1) is 7.33. The maximum absolute atomic E-state index is 11.5. The van der Waals surface area contributed by atoms with E-state index in [1.807, 2.05) is 0 Å². The molecule has 0 spiro atoms. The molecule has 0 aliphatic rings. The molecule has 0 saturated heterocycles. The Kier molecular flexibility index (Phi) is 7.31. The van der Waals surface area contributed by atoms with Crippen LogP contribution in [0, 0.1) is 0 Å². The smallest absolute Gasteiger partial charge is 0.377 e. The summed E-state index contributed by atoms with van der Waals surface area (Å²) in [7, 11) is 0. The summed E-state index contributed by atoms with van der Waals surface area (Å²) >= 11 is 0. The van der Waals surface area contributed by atoms with Crippen LogP contribution in [0.15, 0.2) is 12.2 Å². The fourth-order valence-electron chi connectivity index (χ4n) is 0.679. The first-order valence-corrected chi connectivity index (χ1v) is 4.56. The summed E-state index contributed by atoms with van der Waals surface area (Å²) in [6.45, 7) is 4.43. The number of hydrogen-bond donors (Lipinski definition) is 1. The molecule has 0 saturated carbocycles. The van der Waals surface area contributed by atoms with E-state index in [0.717, 1.165) is 0 Å². The second-order valence-corrected chi connectivity index (χ2v) is 2.98. The molecular formula is C9H15F3O4. The van der Waals surface area contributed by atoms with Gasteiger partial charge in [-0.15, -0.1) is 13.2 Å². The summed E-state index contributed by atoms with van der Waals surface area (Å²) in [5, 5.41) is 9.09. The zero-order valence-corrected chi connectivity index (χ0v) is 8.92. The molecule has 0 rings (SSSR count). The molecule has 1 unspecified atom stereocenters. The van der Waals surface area contributed by atoms with E-state index >= 15 is 0 Å². The van der Waals surface area contributed by atoms with Gasteiger partial charge in [-0.3, -0.25) is 4.74 Å². The van der Waals surface area contributed by atoms with Gasteiger partial charge in [-0.25, -0.2) is 0 Å². The summed E-state index contributed by atoms with van der Waals surface area (Å²) in [6, 6.07) is 0. The van der Waals surface area contributed by atoms with Crippen LogP contribution in [0.4, 0.5) is 13.2 Å². The lowest BCUT2D eigenvalue weighted by Gasteiger charge is -2.11. The minimum atomic E-state index is -4.63. The SMILES string of the molecule is C=C(C)C(O)OCCOCCOC(F)(F)F. The molecule has 0 heterocycles. The van der Waals surface area contributed by atoms with Crippen molar-refractivity contribution in [2.75, 3.05) is 26.4 Å². The van der Waals surface area contributed by atoms with Crippen LogP contribution in [-0.4, -0.2) is 44.2 Å². The molecule has 0 aromatic heterocycles. The molecule has 16 heavy (non-hydrogen) atoms. The van der Waals surface area contributed by atoms with Crippen molar-refractivity contribution >= 4 is 0 Å². The molecule has 0 aliphatic carbocycles. The van der Waals surface area contributed by atoms with E-state index in [-0.39, 0.29) is 19.8 Å². The van der Waals surface area contributed by atoms with Crippen molar-refractivity contribution in [3.63, 3.8) is 0 Å². The van der Waals surface area contributed by atoms with Gasteiger partial charge in [0.2, 0.25) is 0 Å². The maximum Gasteiger partial charge on any atom is 0.522 e. The van der Waals surface area contributed by atoms with Gasteiger partial charge in [0.05, 0.1) is 26.4 Å². The third-order valence-corrected chi connectivity index (χ3v) is 1.42. The monoisotopic (exact) mass is 244 g/mol. The molecule has 0 radical (unpaired) electrons. The maximum atomic E-state index is 11.5. The van der Waals surface area contributed by atoms with Gasteiger partial charge in [0.15, 0.2) is 6.29 Å². The lowest BCUT2D eigenvalue weighted by atomic mass is 10.3. The molecule has 0 amide bonds. The Bertz CT molecular complexity index is 205. The zero-order valence-electron chi connectivity index (χ0n) is 8.92. The Morgan fingerprint density at radius 3 is 2.31 bits per heavy atom. The Labute approximate surface area is 91.6 Å². The van der Waals surface area contributed by atoms with Crippen LogP contribution in [0.5, 0.6) is 0 Å². The number of alkyl halides is 3. The van der Waals surface area contributed by atoms with E-state index in [0.29, 0.717) is 5.57 Å². The number of ether oxygens (including phenoxy) is 3. The van der Waals surface area contributed by atoms with E-state index in [1.54, 1.807) is 6.92 Å². The molecule has 4 nitrogen and oxygen atoms in total. The summed E-state index contributed by atoms with van der Waals surface area (Å²) in [6.07, 6.45) is -5.70. The number of aliphatic hydroxyl groups excluding tert-OH is 1. The predicted octanol–water partition coefficient (Wildman–Crippen LogP) is 1.45. The van der Waals surface area contributed by atoms with Crippen LogP contribution >= 0.6 is 0 Å². The third-order valence-electron chi connectivity index (χ3n) is 1.42. The summed E-state index contributed by atoms with van der Waals surface area (Å²) in [4.78, 5) is 0. The summed E-state index contributed by atoms with van der Waals surface area (Å²) in [5.41, 5.74) is 0.445. The molecule has 1 N–H and O–H groups in total. The van der Waals surface area contributed by atoms with Crippen LogP contribution in [0.1, 0.15) is 6.92 Å². The highest BCUT2D eigenvalue weighted by molar-refractivity contribution is 4.91. The Morgan fingerprint density at radius 1 is 1.25 bits per heavy atom. The van der Waals surface area contributed by atoms with Crippen LogP contribution in [0.25, 0.3) is 0 Å². The molecule has 0 fully saturated rings. The zero-order chi connectivity index (χ0) is 12.6. The van der Waals surface area contributed by atoms with E-state index in [2.05, 4.69) is 11.3 Å². The first-order valence-electron chi connectivity index (χ1n) is 4.56. The quantitative estimate of drug-likeness (QED) is 0.399. The average Bonchev–Trinajstić information content (AvgIpc) is 2.14. The molecule has 1 atom stereocenters. The number of halogens is 3. The summed E-state index contributed by atoms with van der Waals surface area (Å²) in [5.74, 6) is 0. The minimum Gasteiger partial charge on any atom is -0.377 e. The molecular weight excluding hydrogens is 229 g/mol. The second-order valence-electron chi connectivity index (χ2n) is 2.98. The van der Waals surface area contributed by atoms with E-state index < -0.39 is 19.3 Å². The predicted molar refractivity (Wildman–Crippen MR) is 49.6 cm³/mol. The minimum absolute atomic E-state index is 0.0695. The first kappa shape index (κ1) is 15.4. The molecule has 7 heteroatoms. The van der Waals surface area contributed by atoms with Crippen molar-refractivity contribution < 1.29 is 32.5 Å². The van der Waals surface area contributed by atoms with Gasteiger partial charge >= 0.3 is 6.36 Å². The summed E-state index contributed by atoms with van der Waals surface area (Å²) < 4.78 is 47.5. The molecule has 0 aromatic rings. The van der Waals surface area contributed by atoms with Crippen molar-refractivity contribution in [3.8, 4) is 0 Å². The largest absolute Gasteiger partial charge is 0.522 e. The Balaban J connectivity index is 3.25. The number of rotatable bonds is 8. The third kappa shape index (κ3) is 9.91. The Morgan fingerprint density at radius 2 is 1.81 bits per heavy atom. The average molecular weight is 244 g/mol. The highest BCUT2D eigenvalue weighted by atomic mass is 19.4. The van der Waals surface area contributed by atoms with E-state index in [9.17, 15) is 13.2 Å². The van der Waals surface area contributed by atoms with Crippen molar-refractivity contribution in [3.05, 3.63) is 12.2 Å². The van der Waals surface area contributed by atoms with Gasteiger partial charge in [-0.05, 0) is 12.5 Å². The molecule has 0 aliphatic heterocycles. The van der Waals surface area contributed by atoms with Gasteiger partial charge in [0, 0.05) is 0 Å². The fraction of sp³-hybridized carbons (Fsp3) is 0.778. The molecule has 0 bridgehead atoms. The van der Waals surface area contributed by atoms with Crippen molar-refractivity contribution in [2.24, 2.45) is 0 Å². The van der Waals surface area contributed by atoms with Gasteiger partial charge in [-0.1, -0.05) is 6.58 Å². The fourth-order valence-corrected chi connectivity index (χ4v) is 0.679. The van der Waals surface area contributed by atoms with E-state index in [1.165, 1.54) is 0 Å².